The van der Waals surface area contributed by atoms with Crippen LogP contribution in [0.5, 0.6) is 11.5 Å². The fraction of sp³-hybridized carbons (Fsp3) is 0.647. The topological polar surface area (TPSA) is 43.0 Å². The van der Waals surface area contributed by atoms with Crippen LogP contribution in [-0.4, -0.2) is 57.0 Å². The Morgan fingerprint density at radius 1 is 1.23 bits per heavy atom. The first-order valence-electron chi connectivity index (χ1n) is 8.29. The van der Waals surface area contributed by atoms with Crippen molar-refractivity contribution in [1.29, 1.82) is 0 Å². The summed E-state index contributed by atoms with van der Waals surface area (Å²) in [5.41, 5.74) is 1.16. The van der Waals surface area contributed by atoms with Crippen molar-refractivity contribution in [1.82, 2.24) is 10.2 Å². The highest BCUT2D eigenvalue weighted by molar-refractivity contribution is 5.47. The molecule has 1 unspecified atom stereocenters. The summed E-state index contributed by atoms with van der Waals surface area (Å²) >= 11 is 0. The van der Waals surface area contributed by atoms with Crippen LogP contribution in [0.15, 0.2) is 18.2 Å². The molecule has 1 fully saturated rings. The Morgan fingerprint density at radius 3 is 3.05 bits per heavy atom. The van der Waals surface area contributed by atoms with Crippen molar-refractivity contribution in [3.8, 4) is 11.5 Å². The molecule has 5 heteroatoms. The van der Waals surface area contributed by atoms with Gasteiger partial charge in [0.2, 0.25) is 0 Å². The molecule has 2 aliphatic heterocycles. The van der Waals surface area contributed by atoms with Crippen LogP contribution in [0.25, 0.3) is 0 Å². The van der Waals surface area contributed by atoms with Crippen LogP contribution >= 0.6 is 0 Å². The molecular weight excluding hydrogens is 280 g/mol. The normalized spacial score (nSPS) is 22.3. The van der Waals surface area contributed by atoms with E-state index in [1.165, 1.54) is 0 Å². The fourth-order valence-corrected chi connectivity index (χ4v) is 2.95. The van der Waals surface area contributed by atoms with Gasteiger partial charge >= 0.3 is 0 Å². The Balaban J connectivity index is 1.53. The molecule has 1 saturated heterocycles. The SMILES string of the molecule is CCN1CCOC(CNCc2cccc3c2OCCCO3)C1. The number of likely N-dealkylation sites (N-methyl/N-ethyl adjacent to an activating group) is 1. The Labute approximate surface area is 132 Å². The van der Waals surface area contributed by atoms with Gasteiger partial charge in [-0.05, 0) is 12.6 Å². The van der Waals surface area contributed by atoms with Gasteiger partial charge in [-0.15, -0.1) is 0 Å². The van der Waals surface area contributed by atoms with Crippen molar-refractivity contribution in [3.63, 3.8) is 0 Å². The largest absolute Gasteiger partial charge is 0.490 e. The highest BCUT2D eigenvalue weighted by atomic mass is 16.5. The quantitative estimate of drug-likeness (QED) is 0.896. The molecule has 5 nitrogen and oxygen atoms in total. The molecular formula is C17H26N2O3. The minimum atomic E-state index is 0.271. The number of fused-ring (bicyclic) bond motifs is 1. The lowest BCUT2D eigenvalue weighted by Crippen LogP contribution is -2.46. The summed E-state index contributed by atoms with van der Waals surface area (Å²) < 4.78 is 17.4. The number of morpholine rings is 1. The Kier molecular flexibility index (Phi) is 5.53. The van der Waals surface area contributed by atoms with Crippen LogP contribution in [0.3, 0.4) is 0 Å². The van der Waals surface area contributed by atoms with Gasteiger partial charge in [0.05, 0.1) is 25.9 Å². The smallest absolute Gasteiger partial charge is 0.165 e. The van der Waals surface area contributed by atoms with Gasteiger partial charge in [0, 0.05) is 38.2 Å². The van der Waals surface area contributed by atoms with Crippen molar-refractivity contribution >= 4 is 0 Å². The van der Waals surface area contributed by atoms with E-state index in [9.17, 15) is 0 Å². The van der Waals surface area contributed by atoms with Gasteiger partial charge in [-0.25, -0.2) is 0 Å². The van der Waals surface area contributed by atoms with E-state index < -0.39 is 0 Å². The average Bonchev–Trinajstić information content (AvgIpc) is 2.81. The first-order chi connectivity index (χ1) is 10.9. The highest BCUT2D eigenvalue weighted by Crippen LogP contribution is 2.33. The second kappa shape index (κ2) is 7.81. The molecule has 22 heavy (non-hydrogen) atoms. The van der Waals surface area contributed by atoms with Gasteiger partial charge in [-0.1, -0.05) is 19.1 Å². The fourth-order valence-electron chi connectivity index (χ4n) is 2.95. The molecule has 1 N–H and O–H groups in total. The summed E-state index contributed by atoms with van der Waals surface area (Å²) in [5, 5.41) is 3.50. The van der Waals surface area contributed by atoms with Gasteiger partial charge < -0.3 is 19.5 Å². The zero-order chi connectivity index (χ0) is 15.2. The van der Waals surface area contributed by atoms with Gasteiger partial charge in [-0.2, -0.15) is 0 Å². The number of para-hydroxylation sites is 1. The maximum atomic E-state index is 5.85. The number of ether oxygens (including phenoxy) is 3. The van der Waals surface area contributed by atoms with Crippen molar-refractivity contribution in [2.75, 3.05) is 46.0 Å². The lowest BCUT2D eigenvalue weighted by Gasteiger charge is -2.32. The third-order valence-electron chi connectivity index (χ3n) is 4.21. The van der Waals surface area contributed by atoms with Crippen LogP contribution in [-0.2, 0) is 11.3 Å². The second-order valence-electron chi connectivity index (χ2n) is 5.81. The Morgan fingerprint density at radius 2 is 2.14 bits per heavy atom. The van der Waals surface area contributed by atoms with E-state index in [1.807, 2.05) is 12.1 Å². The maximum absolute atomic E-state index is 5.85. The Bertz CT molecular complexity index is 481. The third kappa shape index (κ3) is 3.91. The minimum absolute atomic E-state index is 0.271. The van der Waals surface area contributed by atoms with E-state index >= 15 is 0 Å². The zero-order valence-corrected chi connectivity index (χ0v) is 13.3. The molecule has 3 rings (SSSR count). The van der Waals surface area contributed by atoms with Crippen molar-refractivity contribution in [3.05, 3.63) is 23.8 Å². The summed E-state index contributed by atoms with van der Waals surface area (Å²) in [4.78, 5) is 2.43. The number of hydrogen-bond acceptors (Lipinski definition) is 5. The molecule has 0 spiro atoms. The van der Waals surface area contributed by atoms with Crippen molar-refractivity contribution < 1.29 is 14.2 Å². The molecule has 0 aromatic heterocycles. The number of rotatable bonds is 5. The molecule has 1 atom stereocenters. The van der Waals surface area contributed by atoms with Crippen molar-refractivity contribution in [2.24, 2.45) is 0 Å². The van der Waals surface area contributed by atoms with Crippen LogP contribution in [0.2, 0.25) is 0 Å². The van der Waals surface area contributed by atoms with Crippen molar-refractivity contribution in [2.45, 2.75) is 26.0 Å². The molecule has 0 saturated carbocycles. The highest BCUT2D eigenvalue weighted by Gasteiger charge is 2.19. The molecule has 0 bridgehead atoms. The lowest BCUT2D eigenvalue weighted by molar-refractivity contribution is -0.0253. The first kappa shape index (κ1) is 15.6. The molecule has 1 aromatic rings. The maximum Gasteiger partial charge on any atom is 0.165 e. The molecule has 2 heterocycles. The number of nitrogens with one attached hydrogen (secondary N) is 1. The molecule has 1 aromatic carbocycles. The molecule has 2 aliphatic rings. The van der Waals surface area contributed by atoms with Crippen LogP contribution < -0.4 is 14.8 Å². The van der Waals surface area contributed by atoms with E-state index in [0.717, 1.165) is 76.0 Å². The van der Waals surface area contributed by atoms with Crippen LogP contribution in [0, 0.1) is 0 Å². The molecule has 0 amide bonds. The summed E-state index contributed by atoms with van der Waals surface area (Å²) in [6.07, 6.45) is 1.21. The predicted octanol–water partition coefficient (Wildman–Crippen LogP) is 1.66. The average molecular weight is 306 g/mol. The van der Waals surface area contributed by atoms with Gasteiger partial charge in [0.1, 0.15) is 0 Å². The number of benzene rings is 1. The molecule has 0 aliphatic carbocycles. The van der Waals surface area contributed by atoms with Gasteiger partial charge in [0.25, 0.3) is 0 Å². The lowest BCUT2D eigenvalue weighted by atomic mass is 10.1. The standard InChI is InChI=1S/C17H26N2O3/c1-2-19-7-10-20-15(13-19)12-18-11-14-5-3-6-16-17(14)22-9-4-8-21-16/h3,5-6,15,18H,2,4,7-13H2,1H3. The number of hydrogen-bond donors (Lipinski definition) is 1. The van der Waals surface area contributed by atoms with Crippen LogP contribution in [0.1, 0.15) is 18.9 Å². The third-order valence-corrected chi connectivity index (χ3v) is 4.21. The van der Waals surface area contributed by atoms with Gasteiger partial charge in [0.15, 0.2) is 11.5 Å². The monoisotopic (exact) mass is 306 g/mol. The first-order valence-corrected chi connectivity index (χ1v) is 8.29. The second-order valence-corrected chi connectivity index (χ2v) is 5.81. The summed E-state index contributed by atoms with van der Waals surface area (Å²) in [7, 11) is 0. The Hall–Kier alpha value is -1.30. The summed E-state index contributed by atoms with van der Waals surface area (Å²) in [5.74, 6) is 1.76. The molecule has 122 valence electrons. The van der Waals surface area contributed by atoms with E-state index in [2.05, 4.69) is 23.2 Å². The van der Waals surface area contributed by atoms with E-state index in [4.69, 9.17) is 14.2 Å². The van der Waals surface area contributed by atoms with E-state index in [-0.39, 0.29) is 6.10 Å². The number of nitrogens with zero attached hydrogens (tertiary/aromatic N) is 1. The minimum Gasteiger partial charge on any atom is -0.490 e. The summed E-state index contributed by atoms with van der Waals surface area (Å²) in [6.45, 7) is 9.27. The zero-order valence-electron chi connectivity index (χ0n) is 13.3. The predicted molar refractivity (Wildman–Crippen MR) is 85.6 cm³/mol. The van der Waals surface area contributed by atoms with Crippen LogP contribution in [0.4, 0.5) is 0 Å². The van der Waals surface area contributed by atoms with E-state index in [1.54, 1.807) is 0 Å². The van der Waals surface area contributed by atoms with Gasteiger partial charge in [-0.3, -0.25) is 4.90 Å². The summed E-state index contributed by atoms with van der Waals surface area (Å²) in [6, 6.07) is 6.11. The van der Waals surface area contributed by atoms with E-state index in [0.29, 0.717) is 0 Å². The molecule has 0 radical (unpaired) electrons.